The van der Waals surface area contributed by atoms with Crippen molar-refractivity contribution in [3.05, 3.63) is 0 Å². The van der Waals surface area contributed by atoms with Crippen molar-refractivity contribution in [1.29, 1.82) is 0 Å². The van der Waals surface area contributed by atoms with Crippen molar-refractivity contribution < 1.29 is 14.3 Å². The minimum absolute atomic E-state index is 0.122. The maximum absolute atomic E-state index is 12.8. The standard InChI is InChI=1S/C24H40O3/c1-4-17-6-8-18(9-7-17)19-10-12-20(13-11-19)21-14-15-24(3,22(25)16-21)23(26)27-5-2/h17-21H,4-16H2,1-3H3/t17?,18?,19?,20?,21-,24+/m1/s1. The van der Waals surface area contributed by atoms with E-state index >= 15 is 0 Å². The molecule has 0 amide bonds. The number of rotatable bonds is 5. The van der Waals surface area contributed by atoms with E-state index < -0.39 is 5.41 Å². The Kier molecular flexibility index (Phi) is 7.03. The SMILES string of the molecule is CCOC(=O)[C@@]1(C)CC[C@@H](C2CCC(C3CCC(CC)CC3)CC2)CC1=O. The Bertz CT molecular complexity index is 512. The first-order valence-electron chi connectivity index (χ1n) is 11.7. The van der Waals surface area contributed by atoms with Gasteiger partial charge in [0.25, 0.3) is 0 Å². The molecule has 3 rings (SSSR count). The van der Waals surface area contributed by atoms with Gasteiger partial charge in [0.05, 0.1) is 6.61 Å². The molecule has 3 saturated carbocycles. The van der Waals surface area contributed by atoms with Crippen molar-refractivity contribution in [1.82, 2.24) is 0 Å². The second-order valence-corrected chi connectivity index (χ2v) is 9.84. The highest BCUT2D eigenvalue weighted by molar-refractivity contribution is 6.03. The van der Waals surface area contributed by atoms with Crippen LogP contribution in [0.15, 0.2) is 0 Å². The Hall–Kier alpha value is -0.860. The number of esters is 1. The van der Waals surface area contributed by atoms with E-state index in [4.69, 9.17) is 4.74 Å². The van der Waals surface area contributed by atoms with Crippen LogP contribution in [0.25, 0.3) is 0 Å². The van der Waals surface area contributed by atoms with Gasteiger partial charge in [-0.3, -0.25) is 9.59 Å². The molecule has 0 aromatic rings. The molecule has 0 spiro atoms. The number of carbonyl (C=O) groups excluding carboxylic acids is 2. The summed E-state index contributed by atoms with van der Waals surface area (Å²) in [6, 6.07) is 0. The second-order valence-electron chi connectivity index (χ2n) is 9.84. The minimum Gasteiger partial charge on any atom is -0.465 e. The minimum atomic E-state index is -0.887. The molecule has 3 nitrogen and oxygen atoms in total. The molecule has 0 radical (unpaired) electrons. The van der Waals surface area contributed by atoms with Crippen LogP contribution in [0.5, 0.6) is 0 Å². The summed E-state index contributed by atoms with van der Waals surface area (Å²) in [5.74, 6) is 3.90. The zero-order valence-corrected chi connectivity index (χ0v) is 17.8. The third-order valence-electron chi connectivity index (χ3n) is 8.42. The molecule has 0 bridgehead atoms. The van der Waals surface area contributed by atoms with Crippen molar-refractivity contribution in [3.8, 4) is 0 Å². The van der Waals surface area contributed by atoms with Crippen LogP contribution < -0.4 is 0 Å². The first kappa shape index (κ1) is 20.9. The molecule has 3 heteroatoms. The molecule has 0 aromatic carbocycles. The van der Waals surface area contributed by atoms with Crippen LogP contribution in [-0.4, -0.2) is 18.4 Å². The lowest BCUT2D eigenvalue weighted by Gasteiger charge is -2.42. The number of carbonyl (C=O) groups is 2. The number of ether oxygens (including phenoxy) is 1. The van der Waals surface area contributed by atoms with Crippen molar-refractivity contribution in [2.75, 3.05) is 6.61 Å². The van der Waals surface area contributed by atoms with E-state index in [0.717, 1.165) is 24.2 Å². The number of hydrogen-bond donors (Lipinski definition) is 0. The van der Waals surface area contributed by atoms with Gasteiger partial charge in [0.1, 0.15) is 11.2 Å². The lowest BCUT2D eigenvalue weighted by molar-refractivity contribution is -0.162. The van der Waals surface area contributed by atoms with E-state index in [9.17, 15) is 9.59 Å². The fourth-order valence-electron chi connectivity index (χ4n) is 6.24. The fourth-order valence-corrected chi connectivity index (χ4v) is 6.24. The predicted molar refractivity (Wildman–Crippen MR) is 108 cm³/mol. The van der Waals surface area contributed by atoms with Crippen LogP contribution in [0.3, 0.4) is 0 Å². The molecule has 3 aliphatic carbocycles. The average Bonchev–Trinajstić information content (AvgIpc) is 2.70. The Morgan fingerprint density at radius 3 is 1.89 bits per heavy atom. The van der Waals surface area contributed by atoms with Crippen molar-refractivity contribution in [2.24, 2.45) is 35.0 Å². The highest BCUT2D eigenvalue weighted by Gasteiger charge is 2.47. The summed E-state index contributed by atoms with van der Waals surface area (Å²) < 4.78 is 5.17. The third kappa shape index (κ3) is 4.59. The first-order valence-corrected chi connectivity index (χ1v) is 11.7. The molecule has 154 valence electrons. The van der Waals surface area contributed by atoms with Crippen LogP contribution >= 0.6 is 0 Å². The molecule has 0 unspecified atom stereocenters. The molecule has 0 saturated heterocycles. The van der Waals surface area contributed by atoms with Gasteiger partial charge in [0, 0.05) is 6.42 Å². The highest BCUT2D eigenvalue weighted by Crippen LogP contribution is 2.47. The number of Topliss-reactive ketones (excluding diaryl/α,β-unsaturated/α-hetero) is 1. The number of ketones is 1. The zero-order valence-electron chi connectivity index (χ0n) is 17.8. The van der Waals surface area contributed by atoms with Gasteiger partial charge in [0.2, 0.25) is 0 Å². The molecular formula is C24H40O3. The van der Waals surface area contributed by atoms with Crippen LogP contribution in [0, 0.1) is 35.0 Å². The molecule has 3 aliphatic rings. The second kappa shape index (κ2) is 9.09. The van der Waals surface area contributed by atoms with Gasteiger partial charge in [0.15, 0.2) is 0 Å². The molecule has 0 heterocycles. The van der Waals surface area contributed by atoms with E-state index in [1.165, 1.54) is 57.8 Å². The van der Waals surface area contributed by atoms with Gasteiger partial charge in [-0.15, -0.1) is 0 Å². The van der Waals surface area contributed by atoms with E-state index in [1.54, 1.807) is 6.92 Å². The summed E-state index contributed by atoms with van der Waals surface area (Å²) in [7, 11) is 0. The Morgan fingerprint density at radius 1 is 0.889 bits per heavy atom. The van der Waals surface area contributed by atoms with Gasteiger partial charge in [-0.1, -0.05) is 26.2 Å². The number of hydrogen-bond acceptors (Lipinski definition) is 3. The lowest BCUT2D eigenvalue weighted by atomic mass is 9.62. The molecule has 0 N–H and O–H groups in total. The van der Waals surface area contributed by atoms with E-state index in [2.05, 4.69) is 6.92 Å². The smallest absolute Gasteiger partial charge is 0.319 e. The average molecular weight is 377 g/mol. The third-order valence-corrected chi connectivity index (χ3v) is 8.42. The topological polar surface area (TPSA) is 43.4 Å². The molecule has 0 aliphatic heterocycles. The largest absolute Gasteiger partial charge is 0.465 e. The molecule has 27 heavy (non-hydrogen) atoms. The summed E-state index contributed by atoms with van der Waals surface area (Å²) in [4.78, 5) is 25.0. The fraction of sp³-hybridized carbons (Fsp3) is 0.917. The van der Waals surface area contributed by atoms with Gasteiger partial charge in [-0.2, -0.15) is 0 Å². The molecule has 2 atom stereocenters. The Balaban J connectivity index is 1.47. The quantitative estimate of drug-likeness (QED) is 0.440. The Morgan fingerprint density at radius 2 is 1.41 bits per heavy atom. The van der Waals surface area contributed by atoms with Crippen LogP contribution in [0.4, 0.5) is 0 Å². The van der Waals surface area contributed by atoms with E-state index in [-0.39, 0.29) is 11.8 Å². The van der Waals surface area contributed by atoms with Crippen molar-refractivity contribution in [2.45, 2.75) is 97.8 Å². The van der Waals surface area contributed by atoms with E-state index in [1.807, 2.05) is 6.92 Å². The van der Waals surface area contributed by atoms with Gasteiger partial charge in [-0.05, 0) is 94.8 Å². The van der Waals surface area contributed by atoms with Crippen LogP contribution in [0.1, 0.15) is 97.8 Å². The van der Waals surface area contributed by atoms with Gasteiger partial charge < -0.3 is 4.74 Å². The van der Waals surface area contributed by atoms with Crippen LogP contribution in [0.2, 0.25) is 0 Å². The summed E-state index contributed by atoms with van der Waals surface area (Å²) in [6.45, 7) is 6.31. The van der Waals surface area contributed by atoms with Gasteiger partial charge >= 0.3 is 5.97 Å². The van der Waals surface area contributed by atoms with Crippen molar-refractivity contribution in [3.63, 3.8) is 0 Å². The van der Waals surface area contributed by atoms with Gasteiger partial charge in [-0.25, -0.2) is 0 Å². The lowest BCUT2D eigenvalue weighted by Crippen LogP contribution is -2.44. The summed E-state index contributed by atoms with van der Waals surface area (Å²) in [6.07, 6.45) is 14.8. The van der Waals surface area contributed by atoms with Crippen molar-refractivity contribution >= 4 is 11.8 Å². The Labute approximate surface area is 166 Å². The summed E-state index contributed by atoms with van der Waals surface area (Å²) >= 11 is 0. The molecule has 0 aromatic heterocycles. The normalized spacial score (nSPS) is 40.6. The predicted octanol–water partition coefficient (Wildman–Crippen LogP) is 5.95. The highest BCUT2D eigenvalue weighted by atomic mass is 16.5. The molecule has 3 fully saturated rings. The maximum atomic E-state index is 12.8. The van der Waals surface area contributed by atoms with E-state index in [0.29, 0.717) is 31.3 Å². The molecular weight excluding hydrogens is 336 g/mol. The summed E-state index contributed by atoms with van der Waals surface area (Å²) in [5, 5.41) is 0. The van der Waals surface area contributed by atoms with Crippen LogP contribution in [-0.2, 0) is 14.3 Å². The maximum Gasteiger partial charge on any atom is 0.319 e. The summed E-state index contributed by atoms with van der Waals surface area (Å²) in [5.41, 5.74) is -0.887. The first-order chi connectivity index (χ1) is 13.0. The zero-order chi connectivity index (χ0) is 19.4. The monoisotopic (exact) mass is 376 g/mol.